The summed E-state index contributed by atoms with van der Waals surface area (Å²) in [6.45, 7) is 0.937. The topological polar surface area (TPSA) is 160 Å². The highest BCUT2D eigenvalue weighted by Gasteiger charge is 2.51. The Hall–Kier alpha value is -3.04. The Morgan fingerprint density at radius 3 is 2.15 bits per heavy atom. The molecule has 0 radical (unpaired) electrons. The van der Waals surface area contributed by atoms with Gasteiger partial charge in [0.1, 0.15) is 6.20 Å². The number of hydrogen-bond donors (Lipinski definition) is 3. The zero-order valence-corrected chi connectivity index (χ0v) is 10.1. The highest BCUT2D eigenvalue weighted by Crippen LogP contribution is 2.22. The lowest BCUT2D eigenvalue weighted by Crippen LogP contribution is -2.57. The summed E-state index contributed by atoms with van der Waals surface area (Å²) in [5.41, 5.74) is -3.81. The smallest absolute Gasteiger partial charge is 0.347 e. The van der Waals surface area contributed by atoms with Crippen LogP contribution >= 0.6 is 0 Å². The van der Waals surface area contributed by atoms with Crippen molar-refractivity contribution in [2.24, 2.45) is 0 Å². The molecule has 106 valence electrons. The maximum Gasteiger partial charge on any atom is 0.347 e. The SMILES string of the molecule is CC(=O)NC(C(=O)O)(C(=O)O)c1ccc([N+](=O)[O-])cn1. The molecule has 1 aromatic heterocycles. The number of nitro groups is 1. The number of aliphatic carboxylic acids is 2. The van der Waals surface area contributed by atoms with Crippen LogP contribution in [0.4, 0.5) is 5.69 Å². The number of nitrogens with one attached hydrogen (secondary N) is 1. The van der Waals surface area contributed by atoms with Crippen LogP contribution in [0.2, 0.25) is 0 Å². The van der Waals surface area contributed by atoms with Crippen LogP contribution in [0, 0.1) is 10.1 Å². The molecule has 0 unspecified atom stereocenters. The van der Waals surface area contributed by atoms with E-state index in [1.54, 1.807) is 5.32 Å². The van der Waals surface area contributed by atoms with Gasteiger partial charge in [0.2, 0.25) is 5.91 Å². The van der Waals surface area contributed by atoms with Crippen molar-refractivity contribution >= 4 is 23.5 Å². The summed E-state index contributed by atoms with van der Waals surface area (Å²) in [5.74, 6) is -4.65. The Kier molecular flexibility index (Phi) is 3.98. The average molecular weight is 283 g/mol. The first kappa shape index (κ1) is 15.0. The molecular formula is C10H9N3O7. The van der Waals surface area contributed by atoms with Gasteiger partial charge in [-0.1, -0.05) is 0 Å². The number of nitrogens with zero attached hydrogens (tertiary/aromatic N) is 2. The molecular weight excluding hydrogens is 274 g/mol. The highest BCUT2D eigenvalue weighted by atomic mass is 16.6. The Bertz CT molecular complexity index is 567. The van der Waals surface area contributed by atoms with Gasteiger partial charge in [-0.3, -0.25) is 19.9 Å². The van der Waals surface area contributed by atoms with E-state index < -0.39 is 39.7 Å². The van der Waals surface area contributed by atoms with Crippen molar-refractivity contribution in [3.05, 3.63) is 34.1 Å². The van der Waals surface area contributed by atoms with E-state index in [0.29, 0.717) is 6.20 Å². The van der Waals surface area contributed by atoms with E-state index in [4.69, 9.17) is 10.2 Å². The minimum atomic E-state index is -2.80. The van der Waals surface area contributed by atoms with Crippen LogP contribution in [-0.4, -0.2) is 38.0 Å². The molecule has 0 fully saturated rings. The Balaban J connectivity index is 3.43. The molecule has 0 saturated carbocycles. The van der Waals surface area contributed by atoms with Gasteiger partial charge in [0.15, 0.2) is 0 Å². The number of aromatic nitrogens is 1. The van der Waals surface area contributed by atoms with E-state index in [1.165, 1.54) is 0 Å². The van der Waals surface area contributed by atoms with Gasteiger partial charge in [-0.15, -0.1) is 0 Å². The van der Waals surface area contributed by atoms with Crippen LogP contribution in [0.5, 0.6) is 0 Å². The number of hydrogen-bond acceptors (Lipinski definition) is 6. The molecule has 0 aliphatic carbocycles. The maximum atomic E-state index is 11.2. The van der Waals surface area contributed by atoms with Crippen molar-refractivity contribution in [2.75, 3.05) is 0 Å². The van der Waals surface area contributed by atoms with Crippen LogP contribution in [0.1, 0.15) is 12.6 Å². The molecule has 1 heterocycles. The molecule has 1 amide bonds. The van der Waals surface area contributed by atoms with Crippen LogP contribution in [-0.2, 0) is 19.9 Å². The van der Waals surface area contributed by atoms with Crippen molar-refractivity contribution in [1.29, 1.82) is 0 Å². The van der Waals surface area contributed by atoms with Gasteiger partial charge in [0.25, 0.3) is 11.2 Å². The van der Waals surface area contributed by atoms with Gasteiger partial charge in [-0.25, -0.2) is 9.59 Å². The number of carboxylic acids is 2. The number of amides is 1. The molecule has 3 N–H and O–H groups in total. The van der Waals surface area contributed by atoms with Gasteiger partial charge >= 0.3 is 11.9 Å². The van der Waals surface area contributed by atoms with E-state index in [1.807, 2.05) is 0 Å². The van der Waals surface area contributed by atoms with Gasteiger partial charge < -0.3 is 15.5 Å². The number of carbonyl (C=O) groups excluding carboxylic acids is 1. The minimum Gasteiger partial charge on any atom is -0.479 e. The molecule has 20 heavy (non-hydrogen) atoms. The van der Waals surface area contributed by atoms with Gasteiger partial charge in [0, 0.05) is 13.0 Å². The summed E-state index contributed by atoms with van der Waals surface area (Å²) in [7, 11) is 0. The quantitative estimate of drug-likeness (QED) is 0.370. The summed E-state index contributed by atoms with van der Waals surface area (Å²) in [4.78, 5) is 46.7. The predicted octanol–water partition coefficient (Wildman–Crippen LogP) is -0.510. The van der Waals surface area contributed by atoms with E-state index >= 15 is 0 Å². The van der Waals surface area contributed by atoms with Crippen LogP contribution in [0.25, 0.3) is 0 Å². The first-order valence-electron chi connectivity index (χ1n) is 5.08. The summed E-state index contributed by atoms with van der Waals surface area (Å²) < 4.78 is 0. The largest absolute Gasteiger partial charge is 0.479 e. The van der Waals surface area contributed by atoms with Gasteiger partial charge in [0.05, 0.1) is 10.6 Å². The fourth-order valence-corrected chi connectivity index (χ4v) is 1.46. The number of carboxylic acid groups (broad SMARTS) is 2. The standard InChI is InChI=1S/C10H9N3O7/c1-5(14)12-10(8(15)16,9(17)18)7-3-2-6(4-11-7)13(19)20/h2-4H,1H3,(H,12,14)(H,15,16)(H,17,18). The molecule has 1 aromatic rings. The summed E-state index contributed by atoms with van der Waals surface area (Å²) >= 11 is 0. The van der Waals surface area contributed by atoms with Crippen molar-refractivity contribution in [2.45, 2.75) is 12.5 Å². The van der Waals surface area contributed by atoms with Gasteiger partial charge in [-0.2, -0.15) is 0 Å². The van der Waals surface area contributed by atoms with E-state index in [-0.39, 0.29) is 0 Å². The van der Waals surface area contributed by atoms with E-state index in [9.17, 15) is 24.5 Å². The third-order valence-electron chi connectivity index (χ3n) is 2.35. The lowest BCUT2D eigenvalue weighted by atomic mass is 9.94. The van der Waals surface area contributed by atoms with Gasteiger partial charge in [-0.05, 0) is 6.07 Å². The molecule has 0 spiro atoms. The number of rotatable bonds is 5. The third kappa shape index (κ3) is 2.53. The normalized spacial score (nSPS) is 10.7. The Morgan fingerprint density at radius 2 is 1.85 bits per heavy atom. The van der Waals surface area contributed by atoms with E-state index in [0.717, 1.165) is 19.1 Å². The van der Waals surface area contributed by atoms with Crippen molar-refractivity contribution in [1.82, 2.24) is 10.3 Å². The molecule has 0 bridgehead atoms. The molecule has 10 nitrogen and oxygen atoms in total. The number of pyridine rings is 1. The van der Waals surface area contributed by atoms with Crippen LogP contribution in [0.3, 0.4) is 0 Å². The zero-order chi connectivity index (χ0) is 15.5. The molecule has 1 rings (SSSR count). The Labute approximate surface area is 111 Å². The lowest BCUT2D eigenvalue weighted by molar-refractivity contribution is -0.385. The van der Waals surface area contributed by atoms with Crippen LogP contribution in [0.15, 0.2) is 18.3 Å². The second-order valence-corrected chi connectivity index (χ2v) is 3.70. The molecule has 0 aliphatic rings. The summed E-state index contributed by atoms with van der Waals surface area (Å²) in [6, 6.07) is 1.75. The second kappa shape index (κ2) is 5.30. The zero-order valence-electron chi connectivity index (χ0n) is 10.1. The fraction of sp³-hybridized carbons (Fsp3) is 0.200. The first-order chi connectivity index (χ1) is 9.21. The third-order valence-corrected chi connectivity index (χ3v) is 2.35. The lowest BCUT2D eigenvalue weighted by Gasteiger charge is -2.24. The fourth-order valence-electron chi connectivity index (χ4n) is 1.46. The van der Waals surface area contributed by atoms with Crippen LogP contribution < -0.4 is 5.32 Å². The summed E-state index contributed by atoms with van der Waals surface area (Å²) in [6.07, 6.45) is 0.706. The maximum absolute atomic E-state index is 11.2. The Morgan fingerprint density at radius 1 is 1.30 bits per heavy atom. The molecule has 10 heteroatoms. The molecule has 0 aromatic carbocycles. The minimum absolute atomic E-state index is 0.443. The first-order valence-corrected chi connectivity index (χ1v) is 5.08. The molecule has 0 atom stereocenters. The summed E-state index contributed by atoms with van der Waals surface area (Å²) in [5, 5.41) is 30.5. The molecule has 0 saturated heterocycles. The molecule has 0 aliphatic heterocycles. The predicted molar refractivity (Wildman–Crippen MR) is 61.7 cm³/mol. The van der Waals surface area contributed by atoms with Crippen molar-refractivity contribution in [3.8, 4) is 0 Å². The van der Waals surface area contributed by atoms with Crippen molar-refractivity contribution in [3.63, 3.8) is 0 Å². The number of carbonyl (C=O) groups is 3. The second-order valence-electron chi connectivity index (χ2n) is 3.70. The highest BCUT2D eigenvalue weighted by molar-refractivity contribution is 6.06. The monoisotopic (exact) mass is 283 g/mol. The average Bonchev–Trinajstić information content (AvgIpc) is 2.35. The van der Waals surface area contributed by atoms with Crippen molar-refractivity contribution < 1.29 is 29.5 Å². The van der Waals surface area contributed by atoms with E-state index in [2.05, 4.69) is 4.98 Å².